The third-order valence-electron chi connectivity index (χ3n) is 3.49. The van der Waals surface area contributed by atoms with E-state index in [1.54, 1.807) is 0 Å². The molecule has 98 valence electrons. The Kier molecular flexibility index (Phi) is 3.23. The SMILES string of the molecule is Cc1ccc(C2C[NH+]([O-])Cc3ccccc3O2)cc1. The molecule has 3 nitrogen and oxygen atoms in total. The molecule has 19 heavy (non-hydrogen) atoms. The summed E-state index contributed by atoms with van der Waals surface area (Å²) in [4.78, 5) is 0. The van der Waals surface area contributed by atoms with Crippen LogP contribution in [0.25, 0.3) is 0 Å². The lowest BCUT2D eigenvalue weighted by molar-refractivity contribution is -0.865. The molecular formula is C16H17NO2. The number of para-hydroxylation sites is 1. The van der Waals surface area contributed by atoms with Crippen molar-refractivity contribution in [1.29, 1.82) is 0 Å². The highest BCUT2D eigenvalue weighted by Crippen LogP contribution is 2.26. The Balaban J connectivity index is 1.93. The maximum atomic E-state index is 12.0. The Hall–Kier alpha value is -1.84. The zero-order valence-corrected chi connectivity index (χ0v) is 10.9. The molecule has 2 aromatic rings. The lowest BCUT2D eigenvalue weighted by atomic mass is 10.1. The summed E-state index contributed by atoms with van der Waals surface area (Å²) in [5.74, 6) is 0.832. The van der Waals surface area contributed by atoms with Gasteiger partial charge in [-0.1, -0.05) is 42.0 Å². The monoisotopic (exact) mass is 255 g/mol. The van der Waals surface area contributed by atoms with Crippen LogP contribution in [-0.4, -0.2) is 6.54 Å². The molecular weight excluding hydrogens is 238 g/mol. The van der Waals surface area contributed by atoms with Gasteiger partial charge in [0.05, 0.1) is 0 Å². The number of benzene rings is 2. The van der Waals surface area contributed by atoms with Crippen molar-refractivity contribution >= 4 is 0 Å². The van der Waals surface area contributed by atoms with Crippen molar-refractivity contribution in [2.24, 2.45) is 0 Å². The number of hydrogen-bond acceptors (Lipinski definition) is 2. The van der Waals surface area contributed by atoms with Crippen molar-refractivity contribution in [3.05, 3.63) is 70.4 Å². The normalized spacial score (nSPS) is 22.2. The first kappa shape index (κ1) is 12.2. The lowest BCUT2D eigenvalue weighted by Crippen LogP contribution is -3.06. The van der Waals surface area contributed by atoms with Gasteiger partial charge in [0.15, 0.2) is 6.10 Å². The summed E-state index contributed by atoms with van der Waals surface area (Å²) in [6.45, 7) is 2.97. The molecule has 0 radical (unpaired) electrons. The van der Waals surface area contributed by atoms with Gasteiger partial charge in [-0.05, 0) is 24.6 Å². The largest absolute Gasteiger partial charge is 0.634 e. The van der Waals surface area contributed by atoms with Crippen molar-refractivity contribution in [2.75, 3.05) is 6.54 Å². The number of nitrogens with one attached hydrogen (secondary N) is 1. The average molecular weight is 255 g/mol. The van der Waals surface area contributed by atoms with Crippen molar-refractivity contribution in [1.82, 2.24) is 0 Å². The van der Waals surface area contributed by atoms with Crippen molar-refractivity contribution in [3.8, 4) is 5.75 Å². The van der Waals surface area contributed by atoms with Gasteiger partial charge in [-0.2, -0.15) is 0 Å². The molecule has 2 aromatic carbocycles. The molecule has 1 N–H and O–H groups in total. The minimum atomic E-state index is -0.170. The van der Waals surface area contributed by atoms with Crippen molar-refractivity contribution in [2.45, 2.75) is 19.6 Å². The molecule has 0 spiro atoms. The Morgan fingerprint density at radius 2 is 1.84 bits per heavy atom. The van der Waals surface area contributed by atoms with E-state index in [1.807, 2.05) is 36.4 Å². The van der Waals surface area contributed by atoms with Crippen molar-refractivity contribution < 1.29 is 9.80 Å². The predicted molar refractivity (Wildman–Crippen MR) is 73.9 cm³/mol. The molecule has 3 heteroatoms. The van der Waals surface area contributed by atoms with Crippen molar-refractivity contribution in [3.63, 3.8) is 0 Å². The maximum Gasteiger partial charge on any atom is 0.173 e. The summed E-state index contributed by atoms with van der Waals surface area (Å²) in [5, 5.41) is 12.2. The van der Waals surface area contributed by atoms with Gasteiger partial charge in [0.25, 0.3) is 0 Å². The maximum absolute atomic E-state index is 12.0. The molecule has 1 aliphatic heterocycles. The van der Waals surface area contributed by atoms with Crippen LogP contribution in [0.4, 0.5) is 0 Å². The Bertz CT molecular complexity index is 565. The highest BCUT2D eigenvalue weighted by molar-refractivity contribution is 5.34. The van der Waals surface area contributed by atoms with Gasteiger partial charge in [-0.3, -0.25) is 0 Å². The number of hydrogen-bond donors (Lipinski definition) is 1. The number of hydroxylamine groups is 2. The van der Waals surface area contributed by atoms with Crippen LogP contribution >= 0.6 is 0 Å². The second kappa shape index (κ2) is 5.03. The summed E-state index contributed by atoms with van der Waals surface area (Å²) in [6.07, 6.45) is -0.170. The Morgan fingerprint density at radius 1 is 1.11 bits per heavy atom. The standard InChI is InChI=1S/C16H17NO2/c1-12-6-8-13(9-7-12)16-11-17(18)10-14-4-2-3-5-15(14)19-16/h2-9,16-17H,10-11H2,1H3. The van der Waals surface area contributed by atoms with E-state index in [2.05, 4.69) is 19.1 Å². The summed E-state index contributed by atoms with van der Waals surface area (Å²) < 4.78 is 6.03. The van der Waals surface area contributed by atoms with E-state index in [-0.39, 0.29) is 11.2 Å². The summed E-state index contributed by atoms with van der Waals surface area (Å²) in [6, 6.07) is 16.0. The van der Waals surface area contributed by atoms with E-state index in [9.17, 15) is 5.21 Å². The molecule has 1 heterocycles. The first-order valence-corrected chi connectivity index (χ1v) is 6.55. The quantitative estimate of drug-likeness (QED) is 0.791. The summed E-state index contributed by atoms with van der Waals surface area (Å²) >= 11 is 0. The second-order valence-corrected chi connectivity index (χ2v) is 5.04. The molecule has 0 bridgehead atoms. The molecule has 0 aliphatic carbocycles. The summed E-state index contributed by atoms with van der Waals surface area (Å²) in [7, 11) is 0. The van der Waals surface area contributed by atoms with E-state index in [4.69, 9.17) is 4.74 Å². The van der Waals surface area contributed by atoms with Gasteiger partial charge in [0, 0.05) is 5.56 Å². The number of rotatable bonds is 1. The van der Waals surface area contributed by atoms with Crippen LogP contribution < -0.4 is 9.80 Å². The zero-order chi connectivity index (χ0) is 13.2. The molecule has 0 aromatic heterocycles. The summed E-state index contributed by atoms with van der Waals surface area (Å²) in [5.41, 5.74) is 3.27. The number of fused-ring (bicyclic) bond motifs is 1. The fourth-order valence-electron chi connectivity index (χ4n) is 2.42. The smallest absolute Gasteiger partial charge is 0.173 e. The van der Waals surface area contributed by atoms with Gasteiger partial charge >= 0.3 is 0 Å². The van der Waals surface area contributed by atoms with Crippen LogP contribution in [0.2, 0.25) is 0 Å². The van der Waals surface area contributed by atoms with Crippen LogP contribution in [-0.2, 0) is 6.54 Å². The van der Waals surface area contributed by atoms with E-state index < -0.39 is 0 Å². The van der Waals surface area contributed by atoms with Crippen LogP contribution in [0.3, 0.4) is 0 Å². The van der Waals surface area contributed by atoms with Gasteiger partial charge in [0.1, 0.15) is 18.8 Å². The van der Waals surface area contributed by atoms with Crippen LogP contribution in [0.1, 0.15) is 22.8 Å². The fourth-order valence-corrected chi connectivity index (χ4v) is 2.42. The molecule has 0 amide bonds. The Labute approximate surface area is 113 Å². The van der Waals surface area contributed by atoms with E-state index in [0.29, 0.717) is 13.1 Å². The second-order valence-electron chi connectivity index (χ2n) is 5.04. The molecule has 0 saturated carbocycles. The molecule has 0 fully saturated rings. The van der Waals surface area contributed by atoms with Crippen LogP contribution in [0.15, 0.2) is 48.5 Å². The number of aryl methyl sites for hydroxylation is 1. The Morgan fingerprint density at radius 3 is 2.63 bits per heavy atom. The highest BCUT2D eigenvalue weighted by atomic mass is 16.5. The van der Waals surface area contributed by atoms with Crippen LogP contribution in [0.5, 0.6) is 5.75 Å². The zero-order valence-electron chi connectivity index (χ0n) is 10.9. The third-order valence-corrected chi connectivity index (χ3v) is 3.49. The first-order chi connectivity index (χ1) is 9.22. The van der Waals surface area contributed by atoms with E-state index in [0.717, 1.165) is 16.9 Å². The highest BCUT2D eigenvalue weighted by Gasteiger charge is 2.23. The molecule has 2 atom stereocenters. The number of ether oxygens (including phenoxy) is 1. The topological polar surface area (TPSA) is 36.7 Å². The van der Waals surface area contributed by atoms with E-state index in [1.165, 1.54) is 5.56 Å². The van der Waals surface area contributed by atoms with E-state index >= 15 is 0 Å². The van der Waals surface area contributed by atoms with Gasteiger partial charge in [-0.15, -0.1) is 0 Å². The molecule has 2 unspecified atom stereocenters. The number of quaternary nitrogens is 1. The lowest BCUT2D eigenvalue weighted by Gasteiger charge is -2.23. The molecule has 0 saturated heterocycles. The first-order valence-electron chi connectivity index (χ1n) is 6.55. The molecule has 1 aliphatic rings. The van der Waals surface area contributed by atoms with Gasteiger partial charge in [0.2, 0.25) is 0 Å². The minimum absolute atomic E-state index is 0.170. The fraction of sp³-hybridized carbons (Fsp3) is 0.250. The average Bonchev–Trinajstić information content (AvgIpc) is 2.57. The molecule has 3 rings (SSSR count). The van der Waals surface area contributed by atoms with Gasteiger partial charge < -0.3 is 15.0 Å². The van der Waals surface area contributed by atoms with Gasteiger partial charge in [-0.25, -0.2) is 0 Å². The minimum Gasteiger partial charge on any atom is -0.634 e. The predicted octanol–water partition coefficient (Wildman–Crippen LogP) is 2.01. The third kappa shape index (κ3) is 2.62. The van der Waals surface area contributed by atoms with Crippen LogP contribution in [0, 0.1) is 12.1 Å².